The van der Waals surface area contributed by atoms with Gasteiger partial charge in [0.25, 0.3) is 0 Å². The monoisotopic (exact) mass is 409 g/mol. The van der Waals surface area contributed by atoms with Crippen LogP contribution in [0, 0.1) is 17.3 Å². The average molecular weight is 410 g/mol. The number of nitrogens with zero attached hydrogens (tertiary/aromatic N) is 1. The Hall–Kier alpha value is -2.02. The number of allylic oxidation sites excluding steroid dienone is 1. The molecule has 29 heavy (non-hydrogen) atoms. The molecule has 0 saturated heterocycles. The van der Waals surface area contributed by atoms with E-state index in [0.717, 1.165) is 38.4 Å². The largest absolute Gasteiger partial charge is 0.494 e. The van der Waals surface area contributed by atoms with Gasteiger partial charge in [-0.3, -0.25) is 4.90 Å². The van der Waals surface area contributed by atoms with Gasteiger partial charge in [0, 0.05) is 12.0 Å². The van der Waals surface area contributed by atoms with E-state index in [2.05, 4.69) is 85.5 Å². The molecule has 0 saturated carbocycles. The molecule has 1 aromatic heterocycles. The van der Waals surface area contributed by atoms with E-state index in [0.29, 0.717) is 0 Å². The second-order valence-electron chi connectivity index (χ2n) is 8.26. The average Bonchev–Trinajstić information content (AvgIpc) is 3.23. The Labute approximate surface area is 181 Å². The highest BCUT2D eigenvalue weighted by molar-refractivity contribution is 7.08. The molecule has 2 aromatic rings. The Bertz CT molecular complexity index is 790. The van der Waals surface area contributed by atoms with Gasteiger partial charge < -0.3 is 4.74 Å². The summed E-state index contributed by atoms with van der Waals surface area (Å²) in [6.07, 6.45) is 7.65. The third kappa shape index (κ3) is 9.83. The van der Waals surface area contributed by atoms with E-state index in [4.69, 9.17) is 4.74 Å². The first-order chi connectivity index (χ1) is 14.0. The molecule has 0 aliphatic rings. The van der Waals surface area contributed by atoms with E-state index in [-0.39, 0.29) is 5.41 Å². The highest BCUT2D eigenvalue weighted by Crippen LogP contribution is 2.25. The number of benzene rings is 1. The van der Waals surface area contributed by atoms with Crippen molar-refractivity contribution in [3.63, 3.8) is 0 Å². The summed E-state index contributed by atoms with van der Waals surface area (Å²) in [5, 5.41) is 4.28. The number of hydrogen-bond acceptors (Lipinski definition) is 3. The Balaban J connectivity index is 1.62. The SMILES string of the molecule is CCN(CC=CC#CC(C)(C)C)CCCCCOc1cccc(-c2ccsc2)c1. The van der Waals surface area contributed by atoms with Gasteiger partial charge in [0.05, 0.1) is 6.61 Å². The molecule has 3 heteroatoms. The Morgan fingerprint density at radius 3 is 2.69 bits per heavy atom. The van der Waals surface area contributed by atoms with Crippen molar-refractivity contribution in [1.82, 2.24) is 4.90 Å². The fourth-order valence-corrected chi connectivity index (χ4v) is 3.56. The van der Waals surface area contributed by atoms with E-state index >= 15 is 0 Å². The smallest absolute Gasteiger partial charge is 0.119 e. The van der Waals surface area contributed by atoms with Crippen LogP contribution < -0.4 is 4.74 Å². The van der Waals surface area contributed by atoms with Gasteiger partial charge in [-0.2, -0.15) is 11.3 Å². The van der Waals surface area contributed by atoms with E-state index in [1.165, 1.54) is 24.0 Å². The lowest BCUT2D eigenvalue weighted by Crippen LogP contribution is -2.24. The summed E-state index contributed by atoms with van der Waals surface area (Å²) in [4.78, 5) is 2.46. The topological polar surface area (TPSA) is 12.5 Å². The maximum absolute atomic E-state index is 5.96. The molecule has 0 atom stereocenters. The van der Waals surface area contributed by atoms with Crippen molar-refractivity contribution in [2.45, 2.75) is 47.0 Å². The van der Waals surface area contributed by atoms with Gasteiger partial charge in [0.1, 0.15) is 5.75 Å². The molecule has 0 bridgehead atoms. The highest BCUT2D eigenvalue weighted by atomic mass is 32.1. The second kappa shape index (κ2) is 12.5. The predicted molar refractivity (Wildman–Crippen MR) is 128 cm³/mol. The summed E-state index contributed by atoms with van der Waals surface area (Å²) >= 11 is 1.72. The molecule has 2 rings (SSSR count). The predicted octanol–water partition coefficient (Wildman–Crippen LogP) is 6.89. The molecule has 0 aliphatic carbocycles. The van der Waals surface area contributed by atoms with Crippen LogP contribution in [-0.2, 0) is 0 Å². The van der Waals surface area contributed by atoms with Crippen LogP contribution in [0.3, 0.4) is 0 Å². The molecule has 0 N–H and O–H groups in total. The summed E-state index contributed by atoms with van der Waals surface area (Å²) in [5.41, 5.74) is 2.56. The molecule has 1 heterocycles. The third-order valence-corrected chi connectivity index (χ3v) is 5.22. The summed E-state index contributed by atoms with van der Waals surface area (Å²) in [5.74, 6) is 7.34. The third-order valence-electron chi connectivity index (χ3n) is 4.54. The standard InChI is InChI=1S/C26H35NOS/c1-5-27(17-9-6-8-16-26(2,3)4)18-10-7-11-19-28-25-14-12-13-23(21-25)24-15-20-29-22-24/h6,9,12-15,20-22H,5,7,10-11,17-19H2,1-4H3. The molecule has 2 nitrogen and oxygen atoms in total. The summed E-state index contributed by atoms with van der Waals surface area (Å²) in [6.45, 7) is 12.6. The van der Waals surface area contributed by atoms with Gasteiger partial charge in [-0.05, 0) is 99.3 Å². The van der Waals surface area contributed by atoms with Gasteiger partial charge >= 0.3 is 0 Å². The molecule has 0 aliphatic heterocycles. The molecule has 1 aromatic carbocycles. The molecule has 156 valence electrons. The van der Waals surface area contributed by atoms with Crippen LogP contribution >= 0.6 is 11.3 Å². The maximum atomic E-state index is 5.96. The number of hydrogen-bond donors (Lipinski definition) is 0. The number of thiophene rings is 1. The van der Waals surface area contributed by atoms with Crippen LogP contribution in [0.25, 0.3) is 11.1 Å². The Morgan fingerprint density at radius 2 is 1.97 bits per heavy atom. The molecule has 0 fully saturated rings. The van der Waals surface area contributed by atoms with Gasteiger partial charge in [-0.25, -0.2) is 0 Å². The highest BCUT2D eigenvalue weighted by Gasteiger charge is 2.03. The first-order valence-electron chi connectivity index (χ1n) is 10.6. The minimum absolute atomic E-state index is 0.0715. The summed E-state index contributed by atoms with van der Waals surface area (Å²) in [6, 6.07) is 10.5. The fraction of sp³-hybridized carbons (Fsp3) is 0.462. The van der Waals surface area contributed by atoms with Crippen LogP contribution in [-0.4, -0.2) is 31.1 Å². The van der Waals surface area contributed by atoms with Crippen molar-refractivity contribution in [1.29, 1.82) is 0 Å². The van der Waals surface area contributed by atoms with Gasteiger partial charge in [0.15, 0.2) is 0 Å². The quantitative estimate of drug-likeness (QED) is 0.296. The molecule has 0 spiro atoms. The van der Waals surface area contributed by atoms with E-state index in [1.807, 2.05) is 12.1 Å². The molecular weight excluding hydrogens is 374 g/mol. The Kier molecular flexibility index (Phi) is 10.0. The van der Waals surface area contributed by atoms with Crippen LogP contribution in [0.1, 0.15) is 47.0 Å². The van der Waals surface area contributed by atoms with Gasteiger partial charge in [0.2, 0.25) is 0 Å². The zero-order valence-electron chi connectivity index (χ0n) is 18.4. The number of ether oxygens (including phenoxy) is 1. The van der Waals surface area contributed by atoms with Crippen LogP contribution in [0.5, 0.6) is 5.75 Å². The van der Waals surface area contributed by atoms with Crippen LogP contribution in [0.4, 0.5) is 0 Å². The van der Waals surface area contributed by atoms with Crippen molar-refractivity contribution in [2.75, 3.05) is 26.2 Å². The lowest BCUT2D eigenvalue weighted by atomic mass is 9.98. The second-order valence-corrected chi connectivity index (χ2v) is 9.04. The van der Waals surface area contributed by atoms with Gasteiger partial charge in [-0.15, -0.1) is 0 Å². The van der Waals surface area contributed by atoms with Crippen LogP contribution in [0.2, 0.25) is 0 Å². The number of rotatable bonds is 11. The minimum atomic E-state index is 0.0715. The fourth-order valence-electron chi connectivity index (χ4n) is 2.90. The summed E-state index contributed by atoms with van der Waals surface area (Å²) in [7, 11) is 0. The number of unbranched alkanes of at least 4 members (excludes halogenated alkanes) is 2. The van der Waals surface area contributed by atoms with E-state index in [9.17, 15) is 0 Å². The Morgan fingerprint density at radius 1 is 1.10 bits per heavy atom. The zero-order chi connectivity index (χ0) is 21.0. The lowest BCUT2D eigenvalue weighted by molar-refractivity contribution is 0.284. The normalized spacial score (nSPS) is 11.6. The van der Waals surface area contributed by atoms with Crippen LogP contribution in [0.15, 0.2) is 53.2 Å². The number of likely N-dealkylation sites (N-methyl/N-ethyl adjacent to an activating group) is 1. The maximum Gasteiger partial charge on any atom is 0.119 e. The van der Waals surface area contributed by atoms with Crippen molar-refractivity contribution in [3.8, 4) is 28.7 Å². The first-order valence-corrected chi connectivity index (χ1v) is 11.6. The van der Waals surface area contributed by atoms with Gasteiger partial charge in [-0.1, -0.05) is 37.0 Å². The van der Waals surface area contributed by atoms with Crippen molar-refractivity contribution >= 4 is 11.3 Å². The molecular formula is C26H35NOS. The van der Waals surface area contributed by atoms with E-state index in [1.54, 1.807) is 11.3 Å². The lowest BCUT2D eigenvalue weighted by Gasteiger charge is -2.18. The first kappa shape index (κ1) is 23.3. The molecule has 0 unspecified atom stereocenters. The molecule has 0 radical (unpaired) electrons. The molecule has 0 amide bonds. The zero-order valence-corrected chi connectivity index (χ0v) is 19.2. The summed E-state index contributed by atoms with van der Waals surface area (Å²) < 4.78 is 5.96. The van der Waals surface area contributed by atoms with E-state index < -0.39 is 0 Å². The van der Waals surface area contributed by atoms with Crippen molar-refractivity contribution < 1.29 is 4.74 Å². The van der Waals surface area contributed by atoms with Crippen molar-refractivity contribution in [2.24, 2.45) is 5.41 Å². The van der Waals surface area contributed by atoms with Crippen molar-refractivity contribution in [3.05, 3.63) is 53.2 Å². The minimum Gasteiger partial charge on any atom is -0.494 e.